The number of carbonyl (C=O) groups is 1. The highest BCUT2D eigenvalue weighted by Crippen LogP contribution is 2.24. The second kappa shape index (κ2) is 7.75. The first-order valence-corrected chi connectivity index (χ1v) is 8.26. The fourth-order valence-corrected chi connectivity index (χ4v) is 2.57. The zero-order chi connectivity index (χ0) is 18.5. The van der Waals surface area contributed by atoms with Gasteiger partial charge in [-0.1, -0.05) is 22.0 Å². The fourth-order valence-electron chi connectivity index (χ4n) is 2.17. The molecule has 0 radical (unpaired) electrons. The summed E-state index contributed by atoms with van der Waals surface area (Å²) in [6.07, 6.45) is 1.38. The number of nitro benzene ring substituents is 1. The number of hydrazone groups is 1. The Hall–Kier alpha value is -3.26. The van der Waals surface area contributed by atoms with E-state index in [1.54, 1.807) is 42.5 Å². The van der Waals surface area contributed by atoms with E-state index in [0.717, 1.165) is 4.47 Å². The van der Waals surface area contributed by atoms with Gasteiger partial charge in [-0.3, -0.25) is 14.9 Å². The number of amides is 1. The summed E-state index contributed by atoms with van der Waals surface area (Å²) in [6, 6.07) is 16.4. The minimum atomic E-state index is -0.460. The molecule has 2 aromatic carbocycles. The van der Waals surface area contributed by atoms with E-state index in [2.05, 4.69) is 26.5 Å². The molecule has 1 N–H and O–H groups in total. The summed E-state index contributed by atoms with van der Waals surface area (Å²) in [4.78, 5) is 22.2. The third-order valence-electron chi connectivity index (χ3n) is 3.43. The summed E-state index contributed by atoms with van der Waals surface area (Å²) >= 11 is 3.30. The Morgan fingerprint density at radius 2 is 1.92 bits per heavy atom. The lowest BCUT2D eigenvalue weighted by molar-refractivity contribution is -0.384. The van der Waals surface area contributed by atoms with Crippen molar-refractivity contribution < 1.29 is 14.1 Å². The van der Waals surface area contributed by atoms with Gasteiger partial charge in [0, 0.05) is 27.7 Å². The maximum atomic E-state index is 12.0. The molecule has 0 saturated carbocycles. The highest BCUT2D eigenvalue weighted by molar-refractivity contribution is 9.10. The van der Waals surface area contributed by atoms with Crippen LogP contribution in [0.25, 0.3) is 11.3 Å². The van der Waals surface area contributed by atoms with Gasteiger partial charge in [0.25, 0.3) is 11.6 Å². The first-order valence-electron chi connectivity index (χ1n) is 7.46. The Labute approximate surface area is 156 Å². The van der Waals surface area contributed by atoms with Crippen LogP contribution in [-0.4, -0.2) is 17.0 Å². The zero-order valence-corrected chi connectivity index (χ0v) is 14.8. The zero-order valence-electron chi connectivity index (χ0n) is 13.3. The van der Waals surface area contributed by atoms with Crippen LogP contribution >= 0.6 is 15.9 Å². The minimum Gasteiger partial charge on any atom is -0.455 e. The molecule has 8 heteroatoms. The first kappa shape index (κ1) is 17.6. The molecule has 0 aliphatic heterocycles. The van der Waals surface area contributed by atoms with Gasteiger partial charge in [0.05, 0.1) is 11.1 Å². The smallest absolute Gasteiger partial charge is 0.271 e. The van der Waals surface area contributed by atoms with Crippen molar-refractivity contribution in [2.75, 3.05) is 0 Å². The molecule has 0 bridgehead atoms. The Morgan fingerprint density at radius 1 is 1.15 bits per heavy atom. The average Bonchev–Trinajstić information content (AvgIpc) is 3.10. The molecule has 26 heavy (non-hydrogen) atoms. The molecule has 3 aromatic rings. The van der Waals surface area contributed by atoms with Crippen molar-refractivity contribution in [2.24, 2.45) is 5.10 Å². The molecule has 1 aromatic heterocycles. The van der Waals surface area contributed by atoms with Crippen LogP contribution in [0.2, 0.25) is 0 Å². The largest absolute Gasteiger partial charge is 0.455 e. The predicted octanol–water partition coefficient (Wildman–Crippen LogP) is 4.38. The van der Waals surface area contributed by atoms with Gasteiger partial charge in [-0.15, -0.1) is 0 Å². The van der Waals surface area contributed by atoms with Gasteiger partial charge < -0.3 is 4.42 Å². The molecule has 0 aliphatic rings. The Morgan fingerprint density at radius 3 is 2.62 bits per heavy atom. The molecule has 0 atom stereocenters. The van der Waals surface area contributed by atoms with Gasteiger partial charge in [-0.05, 0) is 42.5 Å². The summed E-state index contributed by atoms with van der Waals surface area (Å²) < 4.78 is 6.40. The Balaban J connectivity index is 1.65. The number of nitrogens with zero attached hydrogens (tertiary/aromatic N) is 2. The van der Waals surface area contributed by atoms with Gasteiger partial charge in [0.2, 0.25) is 0 Å². The third kappa shape index (κ3) is 4.22. The summed E-state index contributed by atoms with van der Waals surface area (Å²) in [7, 11) is 0. The van der Waals surface area contributed by atoms with Crippen LogP contribution in [0.3, 0.4) is 0 Å². The van der Waals surface area contributed by atoms with E-state index in [0.29, 0.717) is 22.6 Å². The van der Waals surface area contributed by atoms with E-state index in [1.165, 1.54) is 18.3 Å². The van der Waals surface area contributed by atoms with E-state index in [-0.39, 0.29) is 11.6 Å². The number of benzene rings is 2. The molecule has 130 valence electrons. The second-order valence-electron chi connectivity index (χ2n) is 5.22. The average molecular weight is 414 g/mol. The van der Waals surface area contributed by atoms with Crippen LogP contribution < -0.4 is 5.43 Å². The number of non-ortho nitro benzene ring substituents is 1. The van der Waals surface area contributed by atoms with E-state index in [9.17, 15) is 14.9 Å². The van der Waals surface area contributed by atoms with Crippen molar-refractivity contribution >= 4 is 33.7 Å². The number of hydrogen-bond donors (Lipinski definition) is 1. The summed E-state index contributed by atoms with van der Waals surface area (Å²) in [5.41, 5.74) is 3.61. The highest BCUT2D eigenvalue weighted by Gasteiger charge is 2.08. The van der Waals surface area contributed by atoms with Crippen LogP contribution in [0, 0.1) is 10.1 Å². The molecule has 0 spiro atoms. The van der Waals surface area contributed by atoms with E-state index < -0.39 is 4.92 Å². The number of furan rings is 1. The molecule has 0 aliphatic carbocycles. The topological polar surface area (TPSA) is 97.7 Å². The van der Waals surface area contributed by atoms with Gasteiger partial charge in [-0.25, -0.2) is 5.43 Å². The van der Waals surface area contributed by atoms with Crippen LogP contribution in [0.5, 0.6) is 0 Å². The summed E-state index contributed by atoms with van der Waals surface area (Å²) in [6.45, 7) is 0. The van der Waals surface area contributed by atoms with Crippen LogP contribution in [0.1, 0.15) is 16.1 Å². The minimum absolute atomic E-state index is 0.0114. The number of halogens is 1. The molecule has 3 rings (SSSR count). The Kier molecular flexibility index (Phi) is 5.23. The third-order valence-corrected chi connectivity index (χ3v) is 3.93. The van der Waals surface area contributed by atoms with Crippen molar-refractivity contribution in [1.29, 1.82) is 0 Å². The molecule has 7 nitrogen and oxygen atoms in total. The standard InChI is InChI=1S/C18H12BrN3O4/c19-14-3-1-2-13(10-14)18(23)21-20-11-16-8-9-17(26-16)12-4-6-15(7-5-12)22(24)25/h1-11H,(H,21,23)/b20-11-. The molecule has 0 saturated heterocycles. The summed E-state index contributed by atoms with van der Waals surface area (Å²) in [5.74, 6) is 0.636. The van der Waals surface area contributed by atoms with E-state index in [4.69, 9.17) is 4.42 Å². The van der Waals surface area contributed by atoms with E-state index >= 15 is 0 Å². The SMILES string of the molecule is O=C(N/N=C\c1ccc(-c2ccc([N+](=O)[O-])cc2)o1)c1cccc(Br)c1. The maximum Gasteiger partial charge on any atom is 0.271 e. The number of carbonyl (C=O) groups excluding carboxylic acids is 1. The van der Waals surface area contributed by atoms with Gasteiger partial charge >= 0.3 is 0 Å². The van der Waals surface area contributed by atoms with Crippen molar-refractivity contribution in [1.82, 2.24) is 5.43 Å². The van der Waals surface area contributed by atoms with Gasteiger partial charge in [0.1, 0.15) is 11.5 Å². The van der Waals surface area contributed by atoms with Crippen molar-refractivity contribution in [3.63, 3.8) is 0 Å². The van der Waals surface area contributed by atoms with Crippen LogP contribution in [0.15, 0.2) is 74.7 Å². The lowest BCUT2D eigenvalue weighted by Crippen LogP contribution is -2.17. The lowest BCUT2D eigenvalue weighted by Gasteiger charge is -1.99. The second-order valence-corrected chi connectivity index (χ2v) is 6.13. The van der Waals surface area contributed by atoms with E-state index in [1.807, 2.05) is 6.07 Å². The van der Waals surface area contributed by atoms with Gasteiger partial charge in [-0.2, -0.15) is 5.10 Å². The predicted molar refractivity (Wildman–Crippen MR) is 100 cm³/mol. The fraction of sp³-hybridized carbons (Fsp3) is 0. The summed E-state index contributed by atoms with van der Waals surface area (Å²) in [5, 5.41) is 14.5. The molecule has 0 unspecified atom stereocenters. The lowest BCUT2D eigenvalue weighted by atomic mass is 10.1. The number of nitro groups is 1. The number of nitrogens with one attached hydrogen (secondary N) is 1. The highest BCUT2D eigenvalue weighted by atomic mass is 79.9. The van der Waals surface area contributed by atoms with Gasteiger partial charge in [0.15, 0.2) is 0 Å². The van der Waals surface area contributed by atoms with Crippen molar-refractivity contribution in [3.8, 4) is 11.3 Å². The van der Waals surface area contributed by atoms with Crippen LogP contribution in [-0.2, 0) is 0 Å². The van der Waals surface area contributed by atoms with Crippen LogP contribution in [0.4, 0.5) is 5.69 Å². The van der Waals surface area contributed by atoms with Crippen molar-refractivity contribution in [2.45, 2.75) is 0 Å². The first-order chi connectivity index (χ1) is 12.5. The molecular formula is C18H12BrN3O4. The molecule has 1 amide bonds. The molecular weight excluding hydrogens is 402 g/mol. The molecule has 1 heterocycles. The molecule has 0 fully saturated rings. The quantitative estimate of drug-likeness (QED) is 0.381. The monoisotopic (exact) mass is 413 g/mol. The van der Waals surface area contributed by atoms with Crippen molar-refractivity contribution in [3.05, 3.63) is 86.6 Å². The normalized spacial score (nSPS) is 10.8. The number of hydrogen-bond acceptors (Lipinski definition) is 5. The number of rotatable bonds is 5. The Bertz CT molecular complexity index is 980. The maximum absolute atomic E-state index is 12.0.